The van der Waals surface area contributed by atoms with Crippen LogP contribution in [-0.2, 0) is 11.3 Å². The molecule has 1 amide bonds. The van der Waals surface area contributed by atoms with Crippen LogP contribution in [0.2, 0.25) is 0 Å². The Kier molecular flexibility index (Phi) is 6.24. The van der Waals surface area contributed by atoms with E-state index in [9.17, 15) is 13.6 Å². The van der Waals surface area contributed by atoms with E-state index in [0.717, 1.165) is 31.6 Å². The zero-order valence-electron chi connectivity index (χ0n) is 15.0. The van der Waals surface area contributed by atoms with E-state index < -0.39 is 23.1 Å². The quantitative estimate of drug-likeness (QED) is 0.803. The van der Waals surface area contributed by atoms with Gasteiger partial charge in [-0.2, -0.15) is 0 Å². The van der Waals surface area contributed by atoms with Crippen LogP contribution in [0.4, 0.5) is 8.78 Å². The maximum Gasteiger partial charge on any atom is 0.257 e. The van der Waals surface area contributed by atoms with Crippen molar-refractivity contribution in [3.63, 3.8) is 0 Å². The molecule has 0 spiro atoms. The van der Waals surface area contributed by atoms with Crippen molar-refractivity contribution in [3.8, 4) is 11.5 Å². The molecule has 27 heavy (non-hydrogen) atoms. The van der Waals surface area contributed by atoms with Gasteiger partial charge in [-0.15, -0.1) is 0 Å². The van der Waals surface area contributed by atoms with Gasteiger partial charge in [0.15, 0.2) is 11.5 Å². The number of carbonyl (C=O) groups excluding carboxylic acids is 1. The Bertz CT molecular complexity index is 786. The number of benzene rings is 2. The molecule has 0 aliphatic carbocycles. The summed E-state index contributed by atoms with van der Waals surface area (Å²) in [4.78, 5) is 12.1. The number of hydrogen-bond acceptors (Lipinski definition) is 4. The Morgan fingerprint density at radius 1 is 1.22 bits per heavy atom. The summed E-state index contributed by atoms with van der Waals surface area (Å²) in [7, 11) is 1.52. The van der Waals surface area contributed by atoms with E-state index in [1.807, 2.05) is 0 Å². The normalized spacial score (nSPS) is 16.2. The van der Waals surface area contributed by atoms with Crippen LogP contribution in [0.15, 0.2) is 36.4 Å². The molecule has 1 aliphatic heterocycles. The van der Waals surface area contributed by atoms with Gasteiger partial charge in [0.05, 0.1) is 13.2 Å². The molecule has 2 aromatic rings. The van der Waals surface area contributed by atoms with Gasteiger partial charge in [0.25, 0.3) is 5.91 Å². The first-order valence-electron chi connectivity index (χ1n) is 8.72. The summed E-state index contributed by atoms with van der Waals surface area (Å²) >= 11 is 0. The fraction of sp³-hybridized carbons (Fsp3) is 0.350. The minimum Gasteiger partial charge on any atom is -0.493 e. The first-order valence-corrected chi connectivity index (χ1v) is 8.72. The van der Waals surface area contributed by atoms with Crippen LogP contribution in [0.5, 0.6) is 11.5 Å². The number of nitrogens with one attached hydrogen (secondary N) is 1. The maximum atomic E-state index is 13.7. The Balaban J connectivity index is 1.62. The van der Waals surface area contributed by atoms with Crippen molar-refractivity contribution in [3.05, 3.63) is 59.2 Å². The van der Waals surface area contributed by atoms with Crippen molar-refractivity contribution in [1.82, 2.24) is 5.32 Å². The average molecular weight is 377 g/mol. The Morgan fingerprint density at radius 2 is 2.00 bits per heavy atom. The molecule has 1 saturated heterocycles. The molecule has 2 aromatic carbocycles. The lowest BCUT2D eigenvalue weighted by atomic mass is 10.1. The summed E-state index contributed by atoms with van der Waals surface area (Å²) < 4.78 is 43.9. The van der Waals surface area contributed by atoms with Gasteiger partial charge >= 0.3 is 0 Å². The highest BCUT2D eigenvalue weighted by Crippen LogP contribution is 2.29. The zero-order chi connectivity index (χ0) is 19.2. The van der Waals surface area contributed by atoms with E-state index in [1.165, 1.54) is 13.2 Å². The number of hydrogen-bond donors (Lipinski definition) is 1. The highest BCUT2D eigenvalue weighted by molar-refractivity contribution is 5.94. The second kappa shape index (κ2) is 8.81. The number of halogens is 2. The third-order valence-electron chi connectivity index (χ3n) is 4.32. The van der Waals surface area contributed by atoms with Crippen molar-refractivity contribution < 1.29 is 27.8 Å². The van der Waals surface area contributed by atoms with E-state index in [1.54, 1.807) is 18.2 Å². The number of methoxy groups -OCH3 is 1. The summed E-state index contributed by atoms with van der Waals surface area (Å²) in [5.41, 5.74) is 0.113. The molecule has 3 rings (SSSR count). The van der Waals surface area contributed by atoms with Gasteiger partial charge in [-0.25, -0.2) is 8.78 Å². The first-order chi connectivity index (χ1) is 13.1. The van der Waals surface area contributed by atoms with Crippen LogP contribution >= 0.6 is 0 Å². The van der Waals surface area contributed by atoms with Crippen LogP contribution in [0.3, 0.4) is 0 Å². The highest BCUT2D eigenvalue weighted by Gasteiger charge is 2.18. The lowest BCUT2D eigenvalue weighted by Crippen LogP contribution is -2.25. The number of rotatable bonds is 7. The number of carbonyl (C=O) groups is 1. The molecule has 1 heterocycles. The summed E-state index contributed by atoms with van der Waals surface area (Å²) in [6.45, 7) is 1.29. The summed E-state index contributed by atoms with van der Waals surface area (Å²) in [6.07, 6.45) is 2.09. The van der Waals surface area contributed by atoms with Gasteiger partial charge in [-0.3, -0.25) is 4.79 Å². The standard InChI is InChI=1S/C20H21F2NO4/c1-25-18-10-13(7-8-17(18)27-12-14-4-3-9-26-14)11-23-20(24)19-15(21)5-2-6-16(19)22/h2,5-8,10,14H,3-4,9,11-12H2,1H3,(H,23,24)/t14-/m1/s1. The fourth-order valence-electron chi connectivity index (χ4n) is 2.89. The second-order valence-electron chi connectivity index (χ2n) is 6.21. The fourth-order valence-corrected chi connectivity index (χ4v) is 2.89. The van der Waals surface area contributed by atoms with Gasteiger partial charge in [0.1, 0.15) is 23.8 Å². The van der Waals surface area contributed by atoms with Crippen LogP contribution in [0.1, 0.15) is 28.8 Å². The third kappa shape index (κ3) is 4.74. The predicted molar refractivity (Wildman–Crippen MR) is 95.0 cm³/mol. The van der Waals surface area contributed by atoms with Gasteiger partial charge in [-0.1, -0.05) is 12.1 Å². The average Bonchev–Trinajstić information content (AvgIpc) is 3.18. The van der Waals surface area contributed by atoms with Crippen LogP contribution in [-0.4, -0.2) is 32.3 Å². The first kappa shape index (κ1) is 19.1. The zero-order valence-corrected chi connectivity index (χ0v) is 15.0. The molecule has 7 heteroatoms. The molecule has 0 aromatic heterocycles. The van der Waals surface area contributed by atoms with E-state index in [0.29, 0.717) is 23.7 Å². The summed E-state index contributed by atoms with van der Waals surface area (Å²) in [6, 6.07) is 8.50. The molecule has 0 saturated carbocycles. The summed E-state index contributed by atoms with van der Waals surface area (Å²) in [5.74, 6) is -1.53. The van der Waals surface area contributed by atoms with Crippen molar-refractivity contribution in [2.24, 2.45) is 0 Å². The van der Waals surface area contributed by atoms with E-state index in [4.69, 9.17) is 14.2 Å². The second-order valence-corrected chi connectivity index (χ2v) is 6.21. The Labute approximate surface area is 156 Å². The lowest BCUT2D eigenvalue weighted by Gasteiger charge is -2.15. The largest absolute Gasteiger partial charge is 0.493 e. The maximum absolute atomic E-state index is 13.7. The molecule has 144 valence electrons. The predicted octanol–water partition coefficient (Wildman–Crippen LogP) is 3.46. The molecule has 1 N–H and O–H groups in total. The van der Waals surface area contributed by atoms with Crippen molar-refractivity contribution in [2.45, 2.75) is 25.5 Å². The minimum absolute atomic E-state index is 0.0873. The van der Waals surface area contributed by atoms with Gasteiger partial charge < -0.3 is 19.5 Å². The molecular weight excluding hydrogens is 356 g/mol. The van der Waals surface area contributed by atoms with E-state index >= 15 is 0 Å². The smallest absolute Gasteiger partial charge is 0.257 e. The Hall–Kier alpha value is -2.67. The van der Waals surface area contributed by atoms with Gasteiger partial charge in [-0.05, 0) is 42.7 Å². The molecule has 0 radical (unpaired) electrons. The number of ether oxygens (including phenoxy) is 3. The monoisotopic (exact) mass is 377 g/mol. The van der Waals surface area contributed by atoms with Gasteiger partial charge in [0.2, 0.25) is 0 Å². The summed E-state index contributed by atoms with van der Waals surface area (Å²) in [5, 5.41) is 2.51. The van der Waals surface area contributed by atoms with E-state index in [2.05, 4.69) is 5.32 Å². The lowest BCUT2D eigenvalue weighted by molar-refractivity contribution is 0.0669. The topological polar surface area (TPSA) is 56.8 Å². The molecule has 1 fully saturated rings. The van der Waals surface area contributed by atoms with Crippen molar-refractivity contribution >= 4 is 5.91 Å². The molecule has 0 bridgehead atoms. The molecule has 1 aliphatic rings. The molecule has 5 nitrogen and oxygen atoms in total. The number of amides is 1. The third-order valence-corrected chi connectivity index (χ3v) is 4.32. The molecule has 1 atom stereocenters. The van der Waals surface area contributed by atoms with Crippen LogP contribution < -0.4 is 14.8 Å². The minimum atomic E-state index is -0.900. The van der Waals surface area contributed by atoms with Crippen LogP contribution in [0, 0.1) is 11.6 Å². The highest BCUT2D eigenvalue weighted by atomic mass is 19.1. The molecular formula is C20H21F2NO4. The Morgan fingerprint density at radius 3 is 2.67 bits per heavy atom. The SMILES string of the molecule is COc1cc(CNC(=O)c2c(F)cccc2F)ccc1OC[C@H]1CCCO1. The van der Waals surface area contributed by atoms with Gasteiger partial charge in [0, 0.05) is 13.2 Å². The van der Waals surface area contributed by atoms with Crippen molar-refractivity contribution in [1.29, 1.82) is 0 Å². The molecule has 0 unspecified atom stereocenters. The van der Waals surface area contributed by atoms with E-state index in [-0.39, 0.29) is 12.6 Å². The van der Waals surface area contributed by atoms with Crippen LogP contribution in [0.25, 0.3) is 0 Å². The van der Waals surface area contributed by atoms with Crippen molar-refractivity contribution in [2.75, 3.05) is 20.3 Å².